The van der Waals surface area contributed by atoms with Crippen LogP contribution < -0.4 is 11.1 Å². The van der Waals surface area contributed by atoms with Crippen LogP contribution in [0.1, 0.15) is 40.5 Å². The van der Waals surface area contributed by atoms with Crippen molar-refractivity contribution in [1.29, 1.82) is 0 Å². The average molecular weight is 260 g/mol. The Morgan fingerprint density at radius 2 is 1.88 bits per heavy atom. The van der Waals surface area contributed by atoms with Gasteiger partial charge in [-0.25, -0.2) is 0 Å². The van der Waals surface area contributed by atoms with E-state index in [9.17, 15) is 0 Å². The summed E-state index contributed by atoms with van der Waals surface area (Å²) < 4.78 is 6.09. The number of hydrogen-bond acceptors (Lipinski definition) is 3. The van der Waals surface area contributed by atoms with Crippen molar-refractivity contribution in [2.45, 2.75) is 64.7 Å². The first kappa shape index (κ1) is 17.1. The molecule has 0 fully saturated rings. The standard InChI is InChI=1S/C13H32N2OSi/c1-7-12(14)11-15-9-8-10-16-17(5,6)13(2,3)4/h12,15H,7-11,14H2,1-6H3. The summed E-state index contributed by atoms with van der Waals surface area (Å²) in [5.74, 6) is 0. The van der Waals surface area contributed by atoms with Gasteiger partial charge >= 0.3 is 0 Å². The number of hydrogen-bond donors (Lipinski definition) is 2. The lowest BCUT2D eigenvalue weighted by Crippen LogP contribution is -2.41. The third-order valence-corrected chi connectivity index (χ3v) is 8.24. The molecule has 17 heavy (non-hydrogen) atoms. The van der Waals surface area contributed by atoms with Gasteiger partial charge in [-0.15, -0.1) is 0 Å². The molecule has 0 saturated heterocycles. The van der Waals surface area contributed by atoms with Gasteiger partial charge in [0.2, 0.25) is 0 Å². The molecular weight excluding hydrogens is 228 g/mol. The lowest BCUT2D eigenvalue weighted by Gasteiger charge is -2.36. The van der Waals surface area contributed by atoms with Crippen LogP contribution in [0.15, 0.2) is 0 Å². The fourth-order valence-electron chi connectivity index (χ4n) is 1.17. The van der Waals surface area contributed by atoms with Gasteiger partial charge in [0, 0.05) is 19.2 Å². The van der Waals surface area contributed by atoms with E-state index in [4.69, 9.17) is 10.2 Å². The monoisotopic (exact) mass is 260 g/mol. The summed E-state index contributed by atoms with van der Waals surface area (Å²) in [6.45, 7) is 16.3. The lowest BCUT2D eigenvalue weighted by molar-refractivity contribution is 0.280. The number of rotatable bonds is 8. The summed E-state index contributed by atoms with van der Waals surface area (Å²) in [5.41, 5.74) is 5.83. The summed E-state index contributed by atoms with van der Waals surface area (Å²) in [5, 5.41) is 3.68. The van der Waals surface area contributed by atoms with Crippen LogP contribution >= 0.6 is 0 Å². The highest BCUT2D eigenvalue weighted by molar-refractivity contribution is 6.74. The van der Waals surface area contributed by atoms with Crippen LogP contribution in [0.3, 0.4) is 0 Å². The summed E-state index contributed by atoms with van der Waals surface area (Å²) in [7, 11) is -1.55. The minimum atomic E-state index is -1.55. The molecular formula is C13H32N2OSi. The Morgan fingerprint density at radius 1 is 1.29 bits per heavy atom. The molecule has 1 atom stereocenters. The zero-order valence-electron chi connectivity index (χ0n) is 12.6. The highest BCUT2D eigenvalue weighted by Gasteiger charge is 2.36. The second kappa shape index (κ2) is 7.51. The van der Waals surface area contributed by atoms with Gasteiger partial charge in [-0.2, -0.15) is 0 Å². The molecule has 3 nitrogen and oxygen atoms in total. The minimum Gasteiger partial charge on any atom is -0.417 e. The molecule has 0 amide bonds. The Bertz CT molecular complexity index is 202. The van der Waals surface area contributed by atoms with E-state index in [1.807, 2.05) is 0 Å². The molecule has 104 valence electrons. The fraction of sp³-hybridized carbons (Fsp3) is 1.00. The van der Waals surface area contributed by atoms with E-state index in [0.29, 0.717) is 5.04 Å². The Balaban J connectivity index is 3.59. The molecule has 0 bridgehead atoms. The first-order chi connectivity index (χ1) is 7.70. The van der Waals surface area contributed by atoms with Gasteiger partial charge in [-0.3, -0.25) is 0 Å². The van der Waals surface area contributed by atoms with Crippen molar-refractivity contribution in [1.82, 2.24) is 5.32 Å². The smallest absolute Gasteiger partial charge is 0.191 e. The van der Waals surface area contributed by atoms with Gasteiger partial charge in [0.05, 0.1) is 0 Å². The Labute approximate surface area is 109 Å². The van der Waals surface area contributed by atoms with Crippen LogP contribution in [0.25, 0.3) is 0 Å². The molecule has 0 aromatic carbocycles. The van der Waals surface area contributed by atoms with Crippen molar-refractivity contribution in [2.24, 2.45) is 5.73 Å². The molecule has 3 N–H and O–H groups in total. The Hall–Kier alpha value is 0.0969. The molecule has 0 aliphatic heterocycles. The molecule has 1 unspecified atom stereocenters. The highest BCUT2D eigenvalue weighted by atomic mass is 28.4. The molecule has 0 spiro atoms. The SMILES string of the molecule is CCC(N)CNCCCO[Si](C)(C)C(C)(C)C. The van der Waals surface area contributed by atoms with Gasteiger partial charge in [0.1, 0.15) is 0 Å². The van der Waals surface area contributed by atoms with Crippen LogP contribution in [0.4, 0.5) is 0 Å². The van der Waals surface area contributed by atoms with Crippen molar-refractivity contribution in [3.8, 4) is 0 Å². The van der Waals surface area contributed by atoms with E-state index in [1.165, 1.54) is 0 Å². The zero-order valence-corrected chi connectivity index (χ0v) is 13.6. The largest absolute Gasteiger partial charge is 0.417 e. The van der Waals surface area contributed by atoms with E-state index in [1.54, 1.807) is 0 Å². The van der Waals surface area contributed by atoms with E-state index >= 15 is 0 Å². The van der Waals surface area contributed by atoms with Crippen molar-refractivity contribution >= 4 is 8.32 Å². The maximum Gasteiger partial charge on any atom is 0.191 e. The summed E-state index contributed by atoms with van der Waals surface area (Å²) in [4.78, 5) is 0. The predicted molar refractivity (Wildman–Crippen MR) is 78.9 cm³/mol. The number of nitrogens with two attached hydrogens (primary N) is 1. The van der Waals surface area contributed by atoms with Gasteiger partial charge in [0.25, 0.3) is 0 Å². The van der Waals surface area contributed by atoms with Crippen LogP contribution in [-0.4, -0.2) is 34.1 Å². The minimum absolute atomic E-state index is 0.288. The van der Waals surface area contributed by atoms with Crippen LogP contribution in [0.2, 0.25) is 18.1 Å². The topological polar surface area (TPSA) is 47.3 Å². The molecule has 0 aliphatic carbocycles. The van der Waals surface area contributed by atoms with Crippen molar-refractivity contribution in [3.05, 3.63) is 0 Å². The zero-order chi connectivity index (χ0) is 13.5. The van der Waals surface area contributed by atoms with Crippen molar-refractivity contribution < 1.29 is 4.43 Å². The summed E-state index contributed by atoms with van der Waals surface area (Å²) >= 11 is 0. The van der Waals surface area contributed by atoms with E-state index < -0.39 is 8.32 Å². The fourth-order valence-corrected chi connectivity index (χ4v) is 2.26. The summed E-state index contributed by atoms with van der Waals surface area (Å²) in [6, 6.07) is 0.288. The molecule has 0 saturated carbocycles. The van der Waals surface area contributed by atoms with Crippen LogP contribution in [0.5, 0.6) is 0 Å². The Kier molecular flexibility index (Phi) is 7.56. The van der Waals surface area contributed by atoms with Crippen molar-refractivity contribution in [2.75, 3.05) is 19.7 Å². The van der Waals surface area contributed by atoms with E-state index in [0.717, 1.165) is 32.5 Å². The molecule has 0 radical (unpaired) electrons. The Morgan fingerprint density at radius 3 is 2.35 bits per heavy atom. The predicted octanol–water partition coefficient (Wildman–Crippen LogP) is 2.73. The third-order valence-electron chi connectivity index (χ3n) is 3.70. The molecule has 0 heterocycles. The maximum atomic E-state index is 6.09. The normalized spacial score (nSPS) is 15.0. The van der Waals surface area contributed by atoms with Crippen LogP contribution in [0, 0.1) is 0 Å². The molecule has 0 aromatic heterocycles. The first-order valence-corrected chi connectivity index (χ1v) is 9.72. The molecule has 0 aliphatic rings. The van der Waals surface area contributed by atoms with E-state index in [2.05, 4.69) is 46.1 Å². The van der Waals surface area contributed by atoms with Gasteiger partial charge in [-0.1, -0.05) is 27.7 Å². The van der Waals surface area contributed by atoms with E-state index in [-0.39, 0.29) is 6.04 Å². The van der Waals surface area contributed by atoms with Gasteiger partial charge in [-0.05, 0) is 37.5 Å². The van der Waals surface area contributed by atoms with Crippen LogP contribution in [-0.2, 0) is 4.43 Å². The lowest BCUT2D eigenvalue weighted by atomic mass is 10.2. The maximum absolute atomic E-state index is 6.09. The average Bonchev–Trinajstić information content (AvgIpc) is 2.21. The quantitative estimate of drug-likeness (QED) is 0.521. The highest BCUT2D eigenvalue weighted by Crippen LogP contribution is 2.36. The first-order valence-electron chi connectivity index (χ1n) is 6.81. The van der Waals surface area contributed by atoms with Gasteiger partial charge in [0.15, 0.2) is 8.32 Å². The van der Waals surface area contributed by atoms with Crippen molar-refractivity contribution in [3.63, 3.8) is 0 Å². The molecule has 0 aromatic rings. The molecule has 0 rings (SSSR count). The summed E-state index contributed by atoms with van der Waals surface area (Å²) in [6.07, 6.45) is 2.11. The third kappa shape index (κ3) is 7.19. The molecule has 4 heteroatoms. The van der Waals surface area contributed by atoms with Gasteiger partial charge < -0.3 is 15.5 Å². The number of nitrogens with one attached hydrogen (secondary N) is 1. The second-order valence-corrected chi connectivity index (χ2v) is 11.1. The second-order valence-electron chi connectivity index (χ2n) is 6.33.